The maximum Gasteiger partial charge on any atom is 0.197 e. The molecule has 3 heteroatoms. The number of carbonyl (C=O) groups is 2. The van der Waals surface area contributed by atoms with E-state index in [1.807, 2.05) is 42.5 Å². The molecule has 0 saturated heterocycles. The van der Waals surface area contributed by atoms with Gasteiger partial charge in [0.15, 0.2) is 11.6 Å². The Morgan fingerprint density at radius 3 is 1.93 bits per heavy atom. The van der Waals surface area contributed by atoms with Gasteiger partial charge in [-0.05, 0) is 82.2 Å². The van der Waals surface area contributed by atoms with Crippen LogP contribution in [0, 0.1) is 6.92 Å². The average Bonchev–Trinajstić information content (AvgIpc) is 3.24. The van der Waals surface area contributed by atoms with Crippen LogP contribution >= 0.6 is 0 Å². The van der Waals surface area contributed by atoms with Crippen LogP contribution in [0.2, 0.25) is 0 Å². The quantitative estimate of drug-likeness (QED) is 0.158. The molecule has 0 radical (unpaired) electrons. The van der Waals surface area contributed by atoms with Crippen LogP contribution in [0.4, 0.5) is 17.1 Å². The van der Waals surface area contributed by atoms with Crippen LogP contribution in [0.15, 0.2) is 121 Å². The van der Waals surface area contributed by atoms with E-state index in [2.05, 4.69) is 98.5 Å². The number of benzene rings is 6. The molecule has 6 aromatic carbocycles. The minimum atomic E-state index is -0.325. The third-order valence-electron chi connectivity index (χ3n) is 9.20. The molecule has 43 heavy (non-hydrogen) atoms. The zero-order valence-corrected chi connectivity index (χ0v) is 24.3. The minimum absolute atomic E-state index is 0.208. The summed E-state index contributed by atoms with van der Waals surface area (Å²) >= 11 is 0. The van der Waals surface area contributed by atoms with Crippen LogP contribution in [-0.4, -0.2) is 11.6 Å². The molecule has 2 aliphatic rings. The van der Waals surface area contributed by atoms with Crippen LogP contribution in [0.5, 0.6) is 0 Å². The van der Waals surface area contributed by atoms with Crippen LogP contribution in [-0.2, 0) is 5.41 Å². The highest BCUT2D eigenvalue weighted by atomic mass is 16.2. The Balaban J connectivity index is 1.30. The molecule has 0 atom stereocenters. The van der Waals surface area contributed by atoms with Gasteiger partial charge < -0.3 is 4.90 Å². The van der Waals surface area contributed by atoms with Crippen molar-refractivity contribution in [3.8, 4) is 0 Å². The molecule has 3 nitrogen and oxygen atoms in total. The van der Waals surface area contributed by atoms with Gasteiger partial charge in [-0.1, -0.05) is 98.3 Å². The summed E-state index contributed by atoms with van der Waals surface area (Å²) in [7, 11) is 0. The lowest BCUT2D eigenvalue weighted by molar-refractivity contribution is 0.0990. The van der Waals surface area contributed by atoms with Crippen molar-refractivity contribution in [1.82, 2.24) is 0 Å². The van der Waals surface area contributed by atoms with Crippen molar-refractivity contribution < 1.29 is 9.59 Å². The van der Waals surface area contributed by atoms with Crippen LogP contribution < -0.4 is 4.90 Å². The number of hydrogen-bond acceptors (Lipinski definition) is 3. The fraction of sp³-hybridized carbons (Fsp3) is 0.100. The lowest BCUT2D eigenvalue weighted by Gasteiger charge is -2.43. The molecule has 0 amide bonds. The van der Waals surface area contributed by atoms with Crippen molar-refractivity contribution in [3.63, 3.8) is 0 Å². The molecule has 0 saturated carbocycles. The monoisotopic (exact) mass is 555 g/mol. The topological polar surface area (TPSA) is 37.4 Å². The minimum Gasteiger partial charge on any atom is -0.309 e. The summed E-state index contributed by atoms with van der Waals surface area (Å²) in [5.74, 6) is -0.415. The van der Waals surface area contributed by atoms with E-state index in [-0.39, 0.29) is 22.6 Å². The molecule has 0 fully saturated rings. The fourth-order valence-electron chi connectivity index (χ4n) is 6.87. The number of Topliss-reactive ketones (excluding diaryl/α,β-unsaturated/α-hetero) is 2. The van der Waals surface area contributed by atoms with Gasteiger partial charge in [0.05, 0.1) is 16.9 Å². The summed E-state index contributed by atoms with van der Waals surface area (Å²) < 4.78 is 0. The number of carbonyl (C=O) groups excluding carboxylic acids is 2. The van der Waals surface area contributed by atoms with E-state index in [1.54, 1.807) is 6.08 Å². The molecule has 1 heterocycles. The number of nitrogens with zero attached hydrogens (tertiary/aromatic N) is 1. The number of hydrogen-bond donors (Lipinski definition) is 0. The Morgan fingerprint density at radius 1 is 0.628 bits per heavy atom. The maximum absolute atomic E-state index is 13.5. The maximum atomic E-state index is 13.5. The molecule has 0 N–H and O–H groups in total. The van der Waals surface area contributed by atoms with Crippen molar-refractivity contribution in [2.24, 2.45) is 0 Å². The molecule has 8 rings (SSSR count). The fourth-order valence-corrected chi connectivity index (χ4v) is 6.87. The summed E-state index contributed by atoms with van der Waals surface area (Å²) in [6.07, 6.45) is 1.78. The summed E-state index contributed by atoms with van der Waals surface area (Å²) in [5.41, 5.74) is 8.68. The highest BCUT2D eigenvalue weighted by Gasteiger charge is 2.38. The van der Waals surface area contributed by atoms with Crippen LogP contribution in [0.1, 0.15) is 56.8 Å². The van der Waals surface area contributed by atoms with Crippen molar-refractivity contribution in [2.75, 3.05) is 4.90 Å². The molecule has 0 unspecified atom stereocenters. The predicted molar refractivity (Wildman–Crippen MR) is 176 cm³/mol. The van der Waals surface area contributed by atoms with Gasteiger partial charge in [0, 0.05) is 27.6 Å². The Hall–Kier alpha value is -5.28. The van der Waals surface area contributed by atoms with Crippen molar-refractivity contribution in [1.29, 1.82) is 0 Å². The third kappa shape index (κ3) is 3.74. The van der Waals surface area contributed by atoms with Crippen molar-refractivity contribution >= 4 is 56.2 Å². The molecule has 0 aromatic heterocycles. The highest BCUT2D eigenvalue weighted by Crippen LogP contribution is 2.54. The van der Waals surface area contributed by atoms with Gasteiger partial charge in [-0.15, -0.1) is 0 Å². The summed E-state index contributed by atoms with van der Waals surface area (Å²) in [4.78, 5) is 29.4. The van der Waals surface area contributed by atoms with Gasteiger partial charge in [0.1, 0.15) is 0 Å². The number of fused-ring (bicyclic) bond motifs is 6. The van der Waals surface area contributed by atoms with Crippen molar-refractivity contribution in [3.05, 3.63) is 154 Å². The third-order valence-corrected chi connectivity index (χ3v) is 9.20. The predicted octanol–water partition coefficient (Wildman–Crippen LogP) is 9.87. The number of anilines is 3. The van der Waals surface area contributed by atoms with Gasteiger partial charge in [0.25, 0.3) is 0 Å². The molecule has 0 bridgehead atoms. The molecular weight excluding hydrogens is 526 g/mol. The number of ketones is 2. The van der Waals surface area contributed by atoms with Crippen LogP contribution in [0.3, 0.4) is 0 Å². The van der Waals surface area contributed by atoms with E-state index < -0.39 is 0 Å². The number of aryl methyl sites for hydroxylation is 1. The Morgan fingerprint density at radius 2 is 1.26 bits per heavy atom. The zero-order valence-electron chi connectivity index (χ0n) is 24.3. The van der Waals surface area contributed by atoms with E-state index in [9.17, 15) is 9.59 Å². The molecule has 1 aliphatic carbocycles. The van der Waals surface area contributed by atoms with Gasteiger partial charge in [0.2, 0.25) is 0 Å². The Labute approximate surface area is 250 Å². The summed E-state index contributed by atoms with van der Waals surface area (Å²) in [6, 6.07) is 39.5. The zero-order chi connectivity index (χ0) is 29.5. The molecular formula is C40H29NO2. The van der Waals surface area contributed by atoms with Crippen molar-refractivity contribution in [2.45, 2.75) is 26.2 Å². The van der Waals surface area contributed by atoms with Gasteiger partial charge in [-0.3, -0.25) is 9.59 Å². The Bertz CT molecular complexity index is 2140. The second-order valence-electron chi connectivity index (χ2n) is 12.2. The second-order valence-corrected chi connectivity index (χ2v) is 12.2. The number of rotatable bonds is 2. The molecule has 6 aromatic rings. The molecule has 0 spiro atoms. The Kier molecular flexibility index (Phi) is 5.39. The standard InChI is InChI=1S/C40H29NO2/c1-24-12-16-29(17-13-24)41-36-19-14-25(20-33-38(42)31-22-27-9-4-5-10-28(27)23-32(31)39(33)43)21-35(36)40(2,3)34-18-15-26-8-6-7-11-30(26)37(34)41/h4-23H,1-3H3. The smallest absolute Gasteiger partial charge is 0.197 e. The molecule has 1 aliphatic heterocycles. The van der Waals surface area contributed by atoms with Crippen LogP contribution in [0.25, 0.3) is 27.6 Å². The first kappa shape index (κ1) is 25.4. The summed E-state index contributed by atoms with van der Waals surface area (Å²) in [6.45, 7) is 6.62. The van der Waals surface area contributed by atoms with E-state index in [0.29, 0.717) is 11.1 Å². The van der Waals surface area contributed by atoms with E-state index >= 15 is 0 Å². The normalized spacial score (nSPS) is 15.0. The van der Waals surface area contributed by atoms with E-state index in [4.69, 9.17) is 0 Å². The van der Waals surface area contributed by atoms with Gasteiger partial charge in [-0.25, -0.2) is 0 Å². The number of allylic oxidation sites excluding steroid dienone is 1. The highest BCUT2D eigenvalue weighted by molar-refractivity contribution is 6.42. The van der Waals surface area contributed by atoms with E-state index in [1.165, 1.54) is 27.6 Å². The molecule has 206 valence electrons. The SMILES string of the molecule is Cc1ccc(N2c3ccc(C=C4C(=O)c5cc6ccccc6cc5C4=O)cc3C(C)(C)c3ccc4ccccc4c32)cc1. The first-order chi connectivity index (χ1) is 20.8. The second kappa shape index (κ2) is 9.11. The average molecular weight is 556 g/mol. The first-order valence-electron chi connectivity index (χ1n) is 14.7. The lowest BCUT2D eigenvalue weighted by atomic mass is 9.72. The van der Waals surface area contributed by atoms with E-state index in [0.717, 1.165) is 33.3 Å². The van der Waals surface area contributed by atoms with Gasteiger partial charge >= 0.3 is 0 Å². The largest absolute Gasteiger partial charge is 0.309 e. The summed E-state index contributed by atoms with van der Waals surface area (Å²) in [5, 5.41) is 4.32. The lowest BCUT2D eigenvalue weighted by Crippen LogP contribution is -2.31. The van der Waals surface area contributed by atoms with Gasteiger partial charge in [-0.2, -0.15) is 0 Å². The first-order valence-corrected chi connectivity index (χ1v) is 14.7.